The van der Waals surface area contributed by atoms with Crippen molar-refractivity contribution in [3.8, 4) is 11.5 Å². The predicted octanol–water partition coefficient (Wildman–Crippen LogP) is 6.63. The quantitative estimate of drug-likeness (QED) is 0.200. The van der Waals surface area contributed by atoms with Crippen LogP contribution in [0.25, 0.3) is 43.6 Å². The van der Waals surface area contributed by atoms with Crippen molar-refractivity contribution in [2.24, 2.45) is 0 Å². The number of fused-ring (bicyclic) bond motifs is 4. The Morgan fingerprint density at radius 2 is 0.944 bits per heavy atom. The highest BCUT2D eigenvalue weighted by Gasteiger charge is 2.12. The third-order valence-electron chi connectivity index (χ3n) is 6.51. The topological polar surface area (TPSA) is 68.3 Å². The molecular weight excluding hydrogens is 448 g/mol. The third kappa shape index (κ3) is 3.86. The van der Waals surface area contributed by atoms with Gasteiger partial charge in [0.15, 0.2) is 0 Å². The van der Waals surface area contributed by atoms with Crippen molar-refractivity contribution in [1.82, 2.24) is 9.97 Å². The smallest absolute Gasteiger partial charge is 0.121 e. The molecule has 4 aromatic carbocycles. The summed E-state index contributed by atoms with van der Waals surface area (Å²) in [6.45, 7) is 1.45. The lowest BCUT2D eigenvalue weighted by Crippen LogP contribution is -2.15. The van der Waals surface area contributed by atoms with Crippen LogP contribution in [0.1, 0.15) is 0 Å². The summed E-state index contributed by atoms with van der Waals surface area (Å²) in [5.74, 6) is 1.59. The molecule has 36 heavy (non-hydrogen) atoms. The maximum Gasteiger partial charge on any atom is 0.121 e. The fourth-order valence-electron chi connectivity index (χ4n) is 4.76. The minimum atomic E-state index is 0.726. The van der Waals surface area contributed by atoms with Crippen LogP contribution in [0.2, 0.25) is 0 Å². The summed E-state index contributed by atoms with van der Waals surface area (Å²) >= 11 is 0. The van der Waals surface area contributed by atoms with Crippen molar-refractivity contribution in [2.75, 3.05) is 37.9 Å². The molecule has 6 nitrogen and oxygen atoms in total. The van der Waals surface area contributed by atoms with Crippen LogP contribution in [0.3, 0.4) is 0 Å². The van der Waals surface area contributed by atoms with Gasteiger partial charge in [-0.3, -0.25) is 0 Å². The molecule has 178 valence electrons. The van der Waals surface area contributed by atoms with Crippen LogP contribution in [-0.2, 0) is 0 Å². The minimum absolute atomic E-state index is 0.726. The maximum absolute atomic E-state index is 5.42. The lowest BCUT2D eigenvalue weighted by Gasteiger charge is -2.16. The van der Waals surface area contributed by atoms with Gasteiger partial charge in [-0.1, -0.05) is 36.4 Å². The number of anilines is 2. The second kappa shape index (κ2) is 9.23. The van der Waals surface area contributed by atoms with Gasteiger partial charge >= 0.3 is 0 Å². The lowest BCUT2D eigenvalue weighted by molar-refractivity contribution is 0.415. The molecular formula is C30H26N4O2. The standard InChI is InChI=1S/C30H26N4O2/c1-35-19-11-13-23-27(17-19)33-25-9-5-3-7-21(25)29(23)31-15-16-32-30-22-8-4-6-10-26(22)34-28-18-20(36-2)12-14-24(28)30/h3-14,17-18H,15-16H2,1-2H3,(H,31,33)(H,32,34). The van der Waals surface area contributed by atoms with E-state index in [1.807, 2.05) is 60.7 Å². The molecule has 0 unspecified atom stereocenters. The van der Waals surface area contributed by atoms with E-state index in [4.69, 9.17) is 19.4 Å². The number of hydrogen-bond acceptors (Lipinski definition) is 6. The van der Waals surface area contributed by atoms with Crippen LogP contribution in [0.5, 0.6) is 11.5 Å². The van der Waals surface area contributed by atoms with Crippen LogP contribution in [0.4, 0.5) is 11.4 Å². The number of rotatable bonds is 7. The minimum Gasteiger partial charge on any atom is -0.497 e. The molecule has 0 saturated carbocycles. The van der Waals surface area contributed by atoms with Crippen LogP contribution >= 0.6 is 0 Å². The molecule has 0 atom stereocenters. The van der Waals surface area contributed by atoms with E-state index in [-0.39, 0.29) is 0 Å². The number of hydrogen-bond donors (Lipinski definition) is 2. The molecule has 0 aliphatic rings. The highest BCUT2D eigenvalue weighted by atomic mass is 16.5. The Morgan fingerprint density at radius 3 is 1.39 bits per heavy atom. The summed E-state index contributed by atoms with van der Waals surface area (Å²) in [5, 5.41) is 11.7. The monoisotopic (exact) mass is 474 g/mol. The lowest BCUT2D eigenvalue weighted by atomic mass is 10.1. The summed E-state index contributed by atoms with van der Waals surface area (Å²) < 4.78 is 10.8. The summed E-state index contributed by atoms with van der Waals surface area (Å²) in [5.41, 5.74) is 5.87. The molecule has 6 rings (SSSR count). The average molecular weight is 475 g/mol. The number of pyridine rings is 2. The first kappa shape index (κ1) is 21.9. The van der Waals surface area contributed by atoms with Crippen LogP contribution in [0, 0.1) is 0 Å². The van der Waals surface area contributed by atoms with E-state index in [9.17, 15) is 0 Å². The molecule has 0 saturated heterocycles. The van der Waals surface area contributed by atoms with Gasteiger partial charge in [-0.25, -0.2) is 9.97 Å². The zero-order valence-electron chi connectivity index (χ0n) is 20.2. The van der Waals surface area contributed by atoms with Crippen LogP contribution < -0.4 is 20.1 Å². The Kier molecular flexibility index (Phi) is 5.62. The van der Waals surface area contributed by atoms with Gasteiger partial charge in [-0.05, 0) is 36.4 Å². The summed E-state index contributed by atoms with van der Waals surface area (Å²) in [7, 11) is 3.35. The van der Waals surface area contributed by atoms with E-state index in [2.05, 4.69) is 34.9 Å². The second-order valence-electron chi connectivity index (χ2n) is 8.63. The highest BCUT2D eigenvalue weighted by Crippen LogP contribution is 2.34. The molecule has 6 heteroatoms. The number of methoxy groups -OCH3 is 2. The van der Waals surface area contributed by atoms with E-state index in [0.29, 0.717) is 0 Å². The van der Waals surface area contributed by atoms with Crippen LogP contribution in [-0.4, -0.2) is 37.3 Å². The summed E-state index contributed by atoms with van der Waals surface area (Å²) in [4.78, 5) is 9.70. The highest BCUT2D eigenvalue weighted by molar-refractivity contribution is 6.09. The first-order valence-corrected chi connectivity index (χ1v) is 12.0. The average Bonchev–Trinajstić information content (AvgIpc) is 2.93. The number of nitrogens with zero attached hydrogens (tertiary/aromatic N) is 2. The number of para-hydroxylation sites is 2. The molecule has 2 aromatic heterocycles. The van der Waals surface area contributed by atoms with Gasteiger partial charge in [0, 0.05) is 46.8 Å². The van der Waals surface area contributed by atoms with Crippen molar-refractivity contribution in [2.45, 2.75) is 0 Å². The zero-order chi connectivity index (χ0) is 24.5. The van der Waals surface area contributed by atoms with Gasteiger partial charge in [0.1, 0.15) is 11.5 Å². The zero-order valence-corrected chi connectivity index (χ0v) is 20.2. The number of aromatic nitrogens is 2. The Hall–Kier alpha value is -4.58. The Morgan fingerprint density at radius 1 is 0.528 bits per heavy atom. The van der Waals surface area contributed by atoms with Gasteiger partial charge in [-0.2, -0.15) is 0 Å². The number of benzene rings is 4. The maximum atomic E-state index is 5.42. The summed E-state index contributed by atoms with van der Waals surface area (Å²) in [6.07, 6.45) is 0. The van der Waals surface area contributed by atoms with Gasteiger partial charge in [-0.15, -0.1) is 0 Å². The van der Waals surface area contributed by atoms with E-state index >= 15 is 0 Å². The van der Waals surface area contributed by atoms with Gasteiger partial charge in [0.05, 0.1) is 47.7 Å². The number of ether oxygens (including phenoxy) is 2. The van der Waals surface area contributed by atoms with Gasteiger partial charge in [0.2, 0.25) is 0 Å². The van der Waals surface area contributed by atoms with Crippen molar-refractivity contribution in [1.29, 1.82) is 0 Å². The molecule has 0 spiro atoms. The van der Waals surface area contributed by atoms with E-state index < -0.39 is 0 Å². The molecule has 0 aliphatic heterocycles. The largest absolute Gasteiger partial charge is 0.497 e. The van der Waals surface area contributed by atoms with E-state index in [0.717, 1.165) is 79.6 Å². The van der Waals surface area contributed by atoms with Crippen molar-refractivity contribution < 1.29 is 9.47 Å². The van der Waals surface area contributed by atoms with Crippen molar-refractivity contribution in [3.63, 3.8) is 0 Å². The van der Waals surface area contributed by atoms with Crippen molar-refractivity contribution in [3.05, 3.63) is 84.9 Å². The fourth-order valence-corrected chi connectivity index (χ4v) is 4.76. The Bertz CT molecular complexity index is 1600. The molecule has 2 N–H and O–H groups in total. The molecule has 0 radical (unpaired) electrons. The number of nitrogens with one attached hydrogen (secondary N) is 2. The van der Waals surface area contributed by atoms with Crippen LogP contribution in [0.15, 0.2) is 84.9 Å². The molecule has 0 bridgehead atoms. The molecule has 0 amide bonds. The Labute approximate surface area is 208 Å². The first-order valence-electron chi connectivity index (χ1n) is 12.0. The van der Waals surface area contributed by atoms with Gasteiger partial charge in [0.25, 0.3) is 0 Å². The molecule has 0 aliphatic carbocycles. The van der Waals surface area contributed by atoms with E-state index in [1.165, 1.54) is 0 Å². The first-order chi connectivity index (χ1) is 17.7. The fraction of sp³-hybridized carbons (Fsp3) is 0.133. The molecule has 2 heterocycles. The summed E-state index contributed by atoms with van der Waals surface area (Å²) in [6, 6.07) is 28.5. The molecule has 0 fully saturated rings. The van der Waals surface area contributed by atoms with E-state index in [1.54, 1.807) is 14.2 Å². The predicted molar refractivity (Wildman–Crippen MR) is 149 cm³/mol. The van der Waals surface area contributed by atoms with Crippen molar-refractivity contribution >= 4 is 55.0 Å². The van der Waals surface area contributed by atoms with Gasteiger partial charge < -0.3 is 20.1 Å². The SMILES string of the molecule is COc1ccc2c(NCCNc3c4ccccc4nc4cc(OC)ccc34)c3ccccc3nc2c1. The second-order valence-corrected chi connectivity index (χ2v) is 8.63. The molecule has 6 aromatic rings. The third-order valence-corrected chi connectivity index (χ3v) is 6.51. The Balaban J connectivity index is 1.32. The normalized spacial score (nSPS) is 11.3.